The predicted molar refractivity (Wildman–Crippen MR) is 107 cm³/mol. The third-order valence-corrected chi connectivity index (χ3v) is 4.33. The minimum absolute atomic E-state index is 0. The molecule has 0 aliphatic carbocycles. The Morgan fingerprint density at radius 3 is 2.48 bits per heavy atom. The lowest BCUT2D eigenvalue weighted by Crippen LogP contribution is -2.41. The molecule has 0 aromatic heterocycles. The first-order valence-electron chi connectivity index (χ1n) is 8.51. The summed E-state index contributed by atoms with van der Waals surface area (Å²) in [5, 5.41) is 3.05. The predicted octanol–water partition coefficient (Wildman–Crippen LogP) is 2.92. The number of nitrogens with two attached hydrogens (primary N) is 1. The number of para-hydroxylation sites is 1. The number of hydrogen-bond acceptors (Lipinski definition) is 4. The average molecular weight is 392 g/mol. The molecule has 1 heterocycles. The van der Waals surface area contributed by atoms with Gasteiger partial charge < -0.3 is 15.8 Å². The van der Waals surface area contributed by atoms with Crippen molar-refractivity contribution in [3.63, 3.8) is 0 Å². The highest BCUT2D eigenvalue weighted by Gasteiger charge is 2.25. The van der Waals surface area contributed by atoms with Crippen LogP contribution in [0, 0.1) is 0 Å². The fourth-order valence-corrected chi connectivity index (χ4v) is 3.18. The van der Waals surface area contributed by atoms with Crippen molar-refractivity contribution in [2.75, 3.05) is 26.7 Å². The summed E-state index contributed by atoms with van der Waals surface area (Å²) in [5.41, 5.74) is 6.85. The molecule has 1 aliphatic heterocycles. The summed E-state index contributed by atoms with van der Waals surface area (Å²) in [6, 6.07) is 8.10. The van der Waals surface area contributed by atoms with Gasteiger partial charge in [-0.2, -0.15) is 0 Å². The largest absolute Gasteiger partial charge is 0.496 e. The molecule has 25 heavy (non-hydrogen) atoms. The van der Waals surface area contributed by atoms with Crippen LogP contribution in [0.2, 0.25) is 0 Å². The Hall–Kier alpha value is -1.01. The number of carbonyl (C=O) groups is 1. The fourth-order valence-electron chi connectivity index (χ4n) is 3.18. The molecule has 0 radical (unpaired) electrons. The molecule has 1 fully saturated rings. The van der Waals surface area contributed by atoms with Gasteiger partial charge >= 0.3 is 0 Å². The molecular weight excluding hydrogens is 361 g/mol. The second kappa shape index (κ2) is 12.4. The van der Waals surface area contributed by atoms with E-state index in [1.165, 1.54) is 19.3 Å². The van der Waals surface area contributed by atoms with Gasteiger partial charge in [-0.25, -0.2) is 0 Å². The van der Waals surface area contributed by atoms with E-state index in [0.717, 1.165) is 24.4 Å². The first kappa shape index (κ1) is 24.0. The monoisotopic (exact) mass is 391 g/mol. The molecule has 5 nitrogen and oxygen atoms in total. The van der Waals surface area contributed by atoms with Crippen LogP contribution in [0.25, 0.3) is 0 Å². The minimum atomic E-state index is -0.116. The van der Waals surface area contributed by atoms with Crippen molar-refractivity contribution in [2.45, 2.75) is 44.7 Å². The van der Waals surface area contributed by atoms with E-state index < -0.39 is 0 Å². The molecule has 1 aromatic rings. The van der Waals surface area contributed by atoms with E-state index in [1.807, 2.05) is 25.1 Å². The highest BCUT2D eigenvalue weighted by Crippen LogP contribution is 2.30. The molecule has 0 spiro atoms. The van der Waals surface area contributed by atoms with E-state index in [-0.39, 0.29) is 42.8 Å². The van der Waals surface area contributed by atoms with E-state index in [1.54, 1.807) is 7.11 Å². The van der Waals surface area contributed by atoms with Crippen LogP contribution in [-0.4, -0.2) is 43.6 Å². The zero-order valence-corrected chi connectivity index (χ0v) is 16.7. The van der Waals surface area contributed by atoms with Gasteiger partial charge in [0.1, 0.15) is 5.75 Å². The Morgan fingerprint density at radius 2 is 1.88 bits per heavy atom. The van der Waals surface area contributed by atoms with Gasteiger partial charge in [0, 0.05) is 24.6 Å². The van der Waals surface area contributed by atoms with Crippen LogP contribution < -0.4 is 15.8 Å². The quantitative estimate of drug-likeness (QED) is 0.749. The lowest BCUT2D eigenvalue weighted by Gasteiger charge is -2.35. The first-order valence-corrected chi connectivity index (χ1v) is 8.51. The molecule has 144 valence electrons. The van der Waals surface area contributed by atoms with Crippen molar-refractivity contribution in [1.29, 1.82) is 0 Å². The summed E-state index contributed by atoms with van der Waals surface area (Å²) in [7, 11) is 1.70. The topological polar surface area (TPSA) is 67.6 Å². The summed E-state index contributed by atoms with van der Waals surface area (Å²) in [6.07, 6.45) is 4.06. The van der Waals surface area contributed by atoms with E-state index in [2.05, 4.69) is 16.3 Å². The fraction of sp³-hybridized carbons (Fsp3) is 0.611. The normalized spacial score (nSPS) is 16.8. The van der Waals surface area contributed by atoms with E-state index in [9.17, 15) is 4.79 Å². The third-order valence-electron chi connectivity index (χ3n) is 4.33. The van der Waals surface area contributed by atoms with Crippen molar-refractivity contribution in [1.82, 2.24) is 10.2 Å². The van der Waals surface area contributed by atoms with Gasteiger partial charge in [-0.15, -0.1) is 24.8 Å². The molecule has 1 amide bonds. The van der Waals surface area contributed by atoms with Gasteiger partial charge in [0.2, 0.25) is 5.91 Å². The number of amides is 1. The van der Waals surface area contributed by atoms with Crippen LogP contribution in [0.1, 0.15) is 44.2 Å². The molecule has 2 atom stereocenters. The van der Waals surface area contributed by atoms with Gasteiger partial charge in [-0.05, 0) is 38.9 Å². The van der Waals surface area contributed by atoms with Gasteiger partial charge in [0.25, 0.3) is 0 Å². The smallest absolute Gasteiger partial charge is 0.221 e. The zero-order chi connectivity index (χ0) is 16.7. The van der Waals surface area contributed by atoms with Gasteiger partial charge in [0.15, 0.2) is 0 Å². The summed E-state index contributed by atoms with van der Waals surface area (Å²) in [5.74, 6) is 0.890. The van der Waals surface area contributed by atoms with Crippen molar-refractivity contribution >= 4 is 30.7 Å². The number of nitrogens with one attached hydrogen (secondary N) is 1. The molecular formula is C18H31Cl2N3O2. The van der Waals surface area contributed by atoms with Gasteiger partial charge in [-0.3, -0.25) is 9.69 Å². The summed E-state index contributed by atoms with van der Waals surface area (Å²) < 4.78 is 5.53. The standard InChI is InChI=1S/C18H29N3O2.2ClH/c1-14(19)12-18(22)20-13-16(21-10-6-3-7-11-21)15-8-4-5-9-17(15)23-2;;/h4-5,8-9,14,16H,3,6-7,10-13,19H2,1-2H3,(H,20,22);2*1H. The zero-order valence-electron chi connectivity index (χ0n) is 15.1. The number of ether oxygens (including phenoxy) is 1. The SMILES string of the molecule is COc1ccccc1C(CNC(=O)CC(C)N)N1CCCCC1.Cl.Cl. The lowest BCUT2D eigenvalue weighted by atomic mass is 10.0. The molecule has 1 saturated heterocycles. The van der Waals surface area contributed by atoms with E-state index >= 15 is 0 Å². The number of hydrogen-bond donors (Lipinski definition) is 2. The Morgan fingerprint density at radius 1 is 1.24 bits per heavy atom. The van der Waals surface area contributed by atoms with Gasteiger partial charge in [-0.1, -0.05) is 24.6 Å². The molecule has 0 bridgehead atoms. The highest BCUT2D eigenvalue weighted by molar-refractivity contribution is 5.85. The third kappa shape index (κ3) is 7.40. The molecule has 1 aromatic carbocycles. The Labute approximate surface area is 163 Å². The summed E-state index contributed by atoms with van der Waals surface area (Å²) in [6.45, 7) is 4.56. The highest BCUT2D eigenvalue weighted by atomic mass is 35.5. The Kier molecular flexibility index (Phi) is 11.9. The van der Waals surface area contributed by atoms with Crippen molar-refractivity contribution in [3.05, 3.63) is 29.8 Å². The molecule has 7 heteroatoms. The Balaban J connectivity index is 0.00000288. The molecule has 1 aliphatic rings. The summed E-state index contributed by atoms with van der Waals surface area (Å²) in [4.78, 5) is 14.4. The Bertz CT molecular complexity index is 509. The van der Waals surface area contributed by atoms with Crippen LogP contribution in [0.4, 0.5) is 0 Å². The number of carbonyl (C=O) groups excluding carboxylic acids is 1. The lowest BCUT2D eigenvalue weighted by molar-refractivity contribution is -0.121. The van der Waals surface area contributed by atoms with E-state index in [0.29, 0.717) is 13.0 Å². The van der Waals surface area contributed by atoms with E-state index in [4.69, 9.17) is 10.5 Å². The van der Waals surface area contributed by atoms with Crippen molar-refractivity contribution < 1.29 is 9.53 Å². The molecule has 0 saturated carbocycles. The number of likely N-dealkylation sites (tertiary alicyclic amines) is 1. The number of halogens is 2. The maximum absolute atomic E-state index is 12.0. The van der Waals surface area contributed by atoms with Crippen LogP contribution in [0.3, 0.4) is 0 Å². The first-order chi connectivity index (χ1) is 11.1. The molecule has 2 unspecified atom stereocenters. The van der Waals surface area contributed by atoms with Crippen molar-refractivity contribution in [3.8, 4) is 5.75 Å². The minimum Gasteiger partial charge on any atom is -0.496 e. The number of methoxy groups -OCH3 is 1. The molecule has 3 N–H and O–H groups in total. The van der Waals surface area contributed by atoms with Crippen LogP contribution >= 0.6 is 24.8 Å². The molecule has 2 rings (SSSR count). The second-order valence-corrected chi connectivity index (χ2v) is 6.34. The number of rotatable bonds is 7. The average Bonchev–Trinajstić information content (AvgIpc) is 2.56. The van der Waals surface area contributed by atoms with Gasteiger partial charge in [0.05, 0.1) is 13.2 Å². The maximum Gasteiger partial charge on any atom is 0.221 e. The second-order valence-electron chi connectivity index (χ2n) is 6.34. The van der Waals surface area contributed by atoms with Crippen LogP contribution in [0.5, 0.6) is 5.75 Å². The number of piperidine rings is 1. The number of nitrogens with zero attached hydrogens (tertiary/aromatic N) is 1. The number of benzene rings is 1. The maximum atomic E-state index is 12.0. The van der Waals surface area contributed by atoms with Crippen LogP contribution in [0.15, 0.2) is 24.3 Å². The van der Waals surface area contributed by atoms with Crippen LogP contribution in [-0.2, 0) is 4.79 Å². The van der Waals surface area contributed by atoms with Crippen molar-refractivity contribution in [2.24, 2.45) is 5.73 Å². The summed E-state index contributed by atoms with van der Waals surface area (Å²) >= 11 is 0.